The largest absolute Gasteiger partial charge is 0.508 e. The zero-order chi connectivity index (χ0) is 56.2. The molecule has 0 bridgehead atoms. The second-order valence-electron chi connectivity index (χ2n) is 22.0. The Balaban J connectivity index is 0.000000225. The molecule has 404 valence electrons. The van der Waals surface area contributed by atoms with Crippen LogP contribution in [0.5, 0.6) is 11.5 Å². The van der Waals surface area contributed by atoms with Crippen LogP contribution in [0.3, 0.4) is 0 Å². The summed E-state index contributed by atoms with van der Waals surface area (Å²) in [5, 5.41) is 95.2. The van der Waals surface area contributed by atoms with Crippen molar-refractivity contribution in [2.45, 2.75) is 75.3 Å². The van der Waals surface area contributed by atoms with Crippen LogP contribution in [-0.4, -0.2) is 183 Å². The average Bonchev–Trinajstić information content (AvgIpc) is 3.28. The Labute approximate surface area is 432 Å². The first kappa shape index (κ1) is 55.4. The Morgan fingerprint density at radius 3 is 1.45 bits per heavy atom. The normalized spacial score (nSPS) is 27.2. The number of fused-ring (bicyclic) bond motifs is 6. The third-order valence-electron chi connectivity index (χ3n) is 15.3. The van der Waals surface area contributed by atoms with Crippen molar-refractivity contribution in [3.8, 4) is 11.5 Å². The lowest BCUT2D eigenvalue weighted by Crippen LogP contribution is -2.65. The fraction of sp³-hybridized carbons (Fsp3) is 0.481. The summed E-state index contributed by atoms with van der Waals surface area (Å²) in [5.74, 6) is -14.3. The van der Waals surface area contributed by atoms with Crippen LogP contribution in [-0.2, 0) is 46.4 Å². The quantitative estimate of drug-likeness (QED) is 0.119. The third kappa shape index (κ3) is 8.64. The summed E-state index contributed by atoms with van der Waals surface area (Å²) in [6, 6.07) is 2.42. The highest BCUT2D eigenvalue weighted by atomic mass is 16.4. The zero-order valence-corrected chi connectivity index (χ0v) is 43.6. The van der Waals surface area contributed by atoms with Gasteiger partial charge in [-0.3, -0.25) is 43.4 Å². The molecule has 6 aliphatic carbocycles. The summed E-state index contributed by atoms with van der Waals surface area (Å²) in [5.41, 5.74) is 5.26. The number of nitrogens with one attached hydrogen (secondary N) is 2. The molecule has 2 aromatic carbocycles. The number of aliphatic hydroxyl groups excluding tert-OH is 4. The first-order chi connectivity index (χ1) is 34.7. The van der Waals surface area contributed by atoms with Crippen LogP contribution in [0.1, 0.15) is 55.9 Å². The van der Waals surface area contributed by atoms with Gasteiger partial charge >= 0.3 is 0 Å². The van der Waals surface area contributed by atoms with E-state index in [0.717, 1.165) is 5.69 Å². The number of aliphatic hydroxyl groups is 6. The minimum Gasteiger partial charge on any atom is -0.508 e. The van der Waals surface area contributed by atoms with E-state index in [1.54, 1.807) is 59.3 Å². The molecule has 2 aromatic rings. The molecule has 0 aliphatic heterocycles. The monoisotopic (exact) mass is 1040 g/mol. The number of rotatable bonds is 9. The molecule has 2 saturated carbocycles. The highest BCUT2D eigenvalue weighted by molar-refractivity contribution is 6.26. The summed E-state index contributed by atoms with van der Waals surface area (Å²) in [4.78, 5) is 97.3. The molecule has 23 heteroatoms. The van der Waals surface area contributed by atoms with Crippen LogP contribution >= 0.6 is 0 Å². The van der Waals surface area contributed by atoms with Gasteiger partial charge in [0.15, 0.2) is 22.8 Å². The molecule has 0 saturated heterocycles. The summed E-state index contributed by atoms with van der Waals surface area (Å²) in [7, 11) is 13.3. The second kappa shape index (κ2) is 19.1. The summed E-state index contributed by atoms with van der Waals surface area (Å²) in [6.45, 7) is 5.62. The molecular weight excluding hydrogens is 977 g/mol. The lowest BCUT2D eigenvalue weighted by Gasteiger charge is -2.50. The number of aromatic hydroxyl groups is 2. The van der Waals surface area contributed by atoms with Crippen LogP contribution in [0.15, 0.2) is 52.0 Å². The summed E-state index contributed by atoms with van der Waals surface area (Å²) in [6.07, 6.45) is 0.441. The number of Topliss-reactive ketones (excluding diaryl/α,β-unsaturated/α-hetero) is 4. The molecule has 3 amide bonds. The number of likely N-dealkylation sites (N-methyl/N-ethyl adjacent to an activating group) is 2. The molecule has 0 radical (unpaired) electrons. The van der Waals surface area contributed by atoms with E-state index >= 15 is 0 Å². The molecule has 14 N–H and O–H groups in total. The number of carbonyl (C=O) groups excluding carboxylic acids is 7. The number of anilines is 3. The molecule has 6 aliphatic rings. The van der Waals surface area contributed by atoms with Gasteiger partial charge in [0.25, 0.3) is 11.8 Å². The van der Waals surface area contributed by atoms with Crippen molar-refractivity contribution in [1.29, 1.82) is 0 Å². The number of phenolic OH excluding ortho intramolecular Hbond substituents is 2. The highest BCUT2D eigenvalue weighted by Gasteiger charge is 2.66. The van der Waals surface area contributed by atoms with Crippen molar-refractivity contribution in [1.82, 2.24) is 15.1 Å². The van der Waals surface area contributed by atoms with E-state index in [-0.39, 0.29) is 71.5 Å². The van der Waals surface area contributed by atoms with Crippen molar-refractivity contribution < 1.29 is 74.4 Å². The Kier molecular flexibility index (Phi) is 14.1. The summed E-state index contributed by atoms with van der Waals surface area (Å²) < 4.78 is 0. The maximum atomic E-state index is 14.0. The van der Waals surface area contributed by atoms with Gasteiger partial charge in [0.2, 0.25) is 17.5 Å². The number of primary amides is 2. The Hall–Kier alpha value is -7.31. The molecule has 0 heterocycles. The number of nitrogens with two attached hydrogens (primary N) is 2. The van der Waals surface area contributed by atoms with Crippen molar-refractivity contribution in [2.24, 2.45) is 35.1 Å². The first-order valence-corrected chi connectivity index (χ1v) is 24.1. The minimum atomic E-state index is -2.73. The Morgan fingerprint density at radius 1 is 0.653 bits per heavy atom. The number of hydrogen-bond donors (Lipinski definition) is 12. The number of nitrogens with zero attached hydrogens (tertiary/aromatic N) is 4. The fourth-order valence-corrected chi connectivity index (χ4v) is 12.0. The van der Waals surface area contributed by atoms with Crippen LogP contribution in [0.2, 0.25) is 0 Å². The van der Waals surface area contributed by atoms with Crippen LogP contribution in [0.25, 0.3) is 11.5 Å². The van der Waals surface area contributed by atoms with Gasteiger partial charge in [-0.2, -0.15) is 0 Å². The maximum Gasteiger partial charge on any atom is 0.255 e. The molecule has 0 aromatic heterocycles. The van der Waals surface area contributed by atoms with Crippen molar-refractivity contribution in [3.63, 3.8) is 0 Å². The molecule has 2 fully saturated rings. The van der Waals surface area contributed by atoms with Gasteiger partial charge < -0.3 is 72.8 Å². The van der Waals surface area contributed by atoms with Gasteiger partial charge in [0.1, 0.15) is 45.7 Å². The van der Waals surface area contributed by atoms with Gasteiger partial charge in [0, 0.05) is 68.1 Å². The van der Waals surface area contributed by atoms with E-state index in [4.69, 9.17) is 11.5 Å². The van der Waals surface area contributed by atoms with E-state index < -0.39 is 128 Å². The molecule has 23 nitrogen and oxygen atoms in total. The first-order valence-electron chi connectivity index (χ1n) is 24.1. The lowest BCUT2D eigenvalue weighted by molar-refractivity contribution is -0.155. The van der Waals surface area contributed by atoms with Crippen molar-refractivity contribution in [3.05, 3.63) is 74.3 Å². The smallest absolute Gasteiger partial charge is 0.255 e. The fourth-order valence-electron chi connectivity index (χ4n) is 12.0. The van der Waals surface area contributed by atoms with E-state index in [1.165, 1.54) is 15.9 Å². The molecular formula is C52H66N8O15. The van der Waals surface area contributed by atoms with Crippen LogP contribution in [0, 0.1) is 23.7 Å². The van der Waals surface area contributed by atoms with E-state index in [2.05, 4.69) is 10.6 Å². The zero-order valence-electron chi connectivity index (χ0n) is 43.6. The Morgan fingerprint density at radius 2 is 1.07 bits per heavy atom. The van der Waals surface area contributed by atoms with Crippen molar-refractivity contribution in [2.75, 3.05) is 78.0 Å². The SMILES string of the molecule is CN(C)c1cc(NC(=O)CNC(C)(C)C)c(O)c2c1C[C@H]1C[C@H]3[C@H](N(C)C)C(=O)C(C(N)=O)=C(O)[C@@]3(O)C(=O)C1=C2O.CN(C)c1ccc(O)c2c1C[C@H]1C[C@H]3[C@H](N(C)C)C(=O)C(C(N)=O)=C(O)[C@@]3(O)C(=O)C1=C2O. The second-order valence-corrected chi connectivity index (χ2v) is 22.0. The van der Waals surface area contributed by atoms with Gasteiger partial charge in [0.05, 0.1) is 35.4 Å². The number of ketones is 4. The van der Waals surface area contributed by atoms with Crippen molar-refractivity contribution >= 4 is 69.4 Å². The number of hydrogen-bond acceptors (Lipinski definition) is 20. The standard InChI is InChI=1S/C29H39N5O8.C23H27N3O7/c1-28(2,3)31-11-17(35)32-15-10-16(33(4)5)13-8-12-9-14-21(34(6)7)24(38)20(27(30)41)26(40)29(14,42)25(39)18(12)23(37)19(13)22(15)36;1-25(2)12-5-6-13(27)15-10(12)7-9-8-11-17(26(3)4)19(29)16(22(24)32)21(31)23(11,33)20(30)14(9)18(15)28/h10,12,14,21,31,36-37,40,42H,8-9,11H2,1-7H3,(H2,30,41)(H,32,35);5-6,9,11,17,27-28,31,33H,7-8H2,1-4H3,(H2,24,32)/t12-,14-,21-,29-;9-,11-,17-,23-/m00/s1. The maximum absolute atomic E-state index is 14.0. The number of phenols is 2. The number of carbonyl (C=O) groups is 7. The predicted octanol–water partition coefficient (Wildman–Crippen LogP) is 0.387. The van der Waals surface area contributed by atoms with E-state index in [0.29, 0.717) is 16.8 Å². The topological polar surface area (TPSA) is 370 Å². The summed E-state index contributed by atoms with van der Waals surface area (Å²) >= 11 is 0. The predicted molar refractivity (Wildman–Crippen MR) is 274 cm³/mol. The molecule has 0 unspecified atom stereocenters. The lowest BCUT2D eigenvalue weighted by atomic mass is 9.57. The molecule has 8 rings (SSSR count). The molecule has 0 spiro atoms. The van der Waals surface area contributed by atoms with E-state index in [9.17, 15) is 74.4 Å². The van der Waals surface area contributed by atoms with Gasteiger partial charge in [-0.25, -0.2) is 0 Å². The van der Waals surface area contributed by atoms with E-state index in [1.807, 2.05) is 39.8 Å². The number of benzene rings is 2. The highest BCUT2D eigenvalue weighted by Crippen LogP contribution is 2.56. The third-order valence-corrected chi connectivity index (χ3v) is 15.3. The van der Waals surface area contributed by atoms with Crippen LogP contribution < -0.4 is 31.9 Å². The minimum absolute atomic E-state index is 0.00158. The number of amides is 3. The molecule has 75 heavy (non-hydrogen) atoms. The van der Waals surface area contributed by atoms with Gasteiger partial charge in [-0.05, 0) is 116 Å². The van der Waals surface area contributed by atoms with Gasteiger partial charge in [-0.1, -0.05) is 0 Å². The van der Waals surface area contributed by atoms with Crippen LogP contribution in [0.4, 0.5) is 17.1 Å². The Bertz CT molecular complexity index is 3020. The molecule has 8 atom stereocenters. The van der Waals surface area contributed by atoms with Gasteiger partial charge in [-0.15, -0.1) is 0 Å². The average molecular weight is 1040 g/mol.